The van der Waals surface area contributed by atoms with Crippen LogP contribution in [0.25, 0.3) is 22.1 Å². The molecule has 4 nitrogen and oxygen atoms in total. The summed E-state index contributed by atoms with van der Waals surface area (Å²) in [5, 5.41) is 10.5. The molecule has 0 amide bonds. The van der Waals surface area contributed by atoms with Crippen LogP contribution in [0.1, 0.15) is 20.8 Å². The van der Waals surface area contributed by atoms with E-state index in [0.29, 0.717) is 0 Å². The van der Waals surface area contributed by atoms with E-state index >= 15 is 0 Å². The van der Waals surface area contributed by atoms with Gasteiger partial charge in [-0.1, -0.05) is 0 Å². The van der Waals surface area contributed by atoms with Gasteiger partial charge in [0.15, 0.2) is 0 Å². The second-order valence-electron chi connectivity index (χ2n) is 2.84. The molecule has 15 heavy (non-hydrogen) atoms. The van der Waals surface area contributed by atoms with Gasteiger partial charge in [0.25, 0.3) is 0 Å². The monoisotopic (exact) mass is 386 g/mol. The van der Waals surface area contributed by atoms with E-state index in [-0.39, 0.29) is 28.5 Å². The normalized spacial score (nSPS) is 6.00. The van der Waals surface area contributed by atoms with Crippen molar-refractivity contribution in [3.05, 3.63) is 28.0 Å². The molecular weight excluding hydrogens is 357 g/mol. The molecule has 94 valence electrons. The van der Waals surface area contributed by atoms with Crippen LogP contribution in [0.5, 0.6) is 0 Å². The molecule has 0 spiro atoms. The molecule has 0 saturated heterocycles. The topological polar surface area (TPSA) is 75.8 Å². The summed E-state index contributed by atoms with van der Waals surface area (Å²) in [4.78, 5) is 0. The van der Waals surface area contributed by atoms with E-state index in [1.807, 2.05) is 0 Å². The van der Waals surface area contributed by atoms with E-state index in [9.17, 15) is 0 Å². The molecule has 0 saturated carbocycles. The molecule has 0 aliphatic heterocycles. The van der Waals surface area contributed by atoms with Crippen LogP contribution in [-0.2, 0) is 22.4 Å². The summed E-state index contributed by atoms with van der Waals surface area (Å²) in [5.41, 5.74) is 0. The second-order valence-corrected chi connectivity index (χ2v) is 2.84. The minimum absolute atomic E-state index is 0. The number of hydrogen-bond acceptors (Lipinski definition) is 0. The molecule has 0 fully saturated rings. The van der Waals surface area contributed by atoms with Crippen molar-refractivity contribution in [3.63, 3.8) is 0 Å². The smallest absolute Gasteiger partial charge is 0.693 e. The minimum Gasteiger partial charge on any atom is -0.693 e. The summed E-state index contributed by atoms with van der Waals surface area (Å²) in [6.07, 6.45) is 0. The molecule has 0 aromatic rings. The molecule has 0 rings (SSSR count). The Balaban J connectivity index is -0.0000000174. The third kappa shape index (κ3) is 6850. The fourth-order valence-corrected chi connectivity index (χ4v) is 0. The van der Waals surface area contributed by atoms with E-state index in [2.05, 4.69) is 36.7 Å². The quantitative estimate of drug-likeness (QED) is 0.560. The molecule has 0 heterocycles. The Hall–Kier alpha value is 0.580. The first-order chi connectivity index (χ1) is 5.97. The summed E-state index contributed by atoms with van der Waals surface area (Å²) >= 11 is 0. The van der Waals surface area contributed by atoms with Crippen LogP contribution in [0.2, 0.25) is 0 Å². The Morgan fingerprint density at radius 2 is 0.600 bits per heavy atom. The average Bonchev–Trinajstić information content (AvgIpc) is 1.88. The van der Waals surface area contributed by atoms with Gasteiger partial charge in [-0.3, -0.25) is 0 Å². The van der Waals surface area contributed by atoms with E-state index < -0.39 is 0 Å². The first-order valence-electron chi connectivity index (χ1n) is 4.18. The van der Waals surface area contributed by atoms with Crippen molar-refractivity contribution in [2.45, 2.75) is 20.8 Å². The molecule has 5 heteroatoms. The minimum atomic E-state index is 0. The zero-order chi connectivity index (χ0) is 11.7. The van der Waals surface area contributed by atoms with Crippen LogP contribution in [0.4, 0.5) is 0 Å². The van der Waals surface area contributed by atoms with Gasteiger partial charge in [-0.15, -0.1) is 0 Å². The standard InChI is InChI=1S/C4H9.3C2H6N.H2N.Ta/c1-4(2)3;3*1-3-2;;/h1-3H3;3*1-2H3;1H2;/q5*-1;+5. The van der Waals surface area contributed by atoms with Gasteiger partial charge in [-0.25, -0.2) is 0 Å². The van der Waals surface area contributed by atoms with Crippen molar-refractivity contribution in [3.8, 4) is 0 Å². The van der Waals surface area contributed by atoms with Crippen LogP contribution in [0.15, 0.2) is 0 Å². The maximum absolute atomic E-state index is 3.50. The van der Waals surface area contributed by atoms with Crippen molar-refractivity contribution in [1.82, 2.24) is 0 Å². The molecule has 0 unspecified atom stereocenters. The molecule has 2 N–H and O–H groups in total. The summed E-state index contributed by atoms with van der Waals surface area (Å²) in [6, 6.07) is 0. The van der Waals surface area contributed by atoms with Crippen molar-refractivity contribution >= 4 is 0 Å². The van der Waals surface area contributed by atoms with Crippen LogP contribution in [0.3, 0.4) is 0 Å². The summed E-state index contributed by atoms with van der Waals surface area (Å²) in [7, 11) is 10.5. The Kier molecular flexibility index (Phi) is 149. The van der Waals surface area contributed by atoms with Crippen molar-refractivity contribution < 1.29 is 22.4 Å². The Morgan fingerprint density at radius 1 is 0.600 bits per heavy atom. The number of nitrogens with zero attached hydrogens (tertiary/aromatic N) is 3. The van der Waals surface area contributed by atoms with E-state index in [1.54, 1.807) is 42.3 Å². The van der Waals surface area contributed by atoms with Gasteiger partial charge in [0.05, 0.1) is 0 Å². The molecule has 0 radical (unpaired) electrons. The van der Waals surface area contributed by atoms with E-state index in [4.69, 9.17) is 0 Å². The first kappa shape index (κ1) is 36.1. The van der Waals surface area contributed by atoms with Crippen LogP contribution in [-0.4, -0.2) is 42.3 Å². The zero-order valence-electron chi connectivity index (χ0n) is 11.9. The Morgan fingerprint density at radius 3 is 0.600 bits per heavy atom. The van der Waals surface area contributed by atoms with Crippen LogP contribution in [0, 0.1) is 5.92 Å². The molecule has 0 bridgehead atoms. The van der Waals surface area contributed by atoms with Crippen LogP contribution < -0.4 is 0 Å². The number of rotatable bonds is 0. The zero-order valence-corrected chi connectivity index (χ0v) is 15.1. The molecule has 0 atom stereocenters. The van der Waals surface area contributed by atoms with Gasteiger partial charge in [0.2, 0.25) is 0 Å². The Bertz CT molecular complexity index is 38.9. The largest absolute Gasteiger partial charge is 5.00 e. The fourth-order valence-electron chi connectivity index (χ4n) is 0. The molecule has 0 aliphatic carbocycles. The summed E-state index contributed by atoms with van der Waals surface area (Å²) < 4.78 is 0. The predicted octanol–water partition coefficient (Wildman–Crippen LogP) is 4.19. The molecule has 0 aromatic carbocycles. The summed E-state index contributed by atoms with van der Waals surface area (Å²) in [6.45, 7) is 6.25. The maximum atomic E-state index is 3.50. The Labute approximate surface area is 113 Å². The van der Waals surface area contributed by atoms with Gasteiger partial charge in [0.1, 0.15) is 0 Å². The van der Waals surface area contributed by atoms with Crippen molar-refractivity contribution in [2.75, 3.05) is 42.3 Å². The third-order valence-electron chi connectivity index (χ3n) is 0. The number of hydrogen-bond donors (Lipinski definition) is 0. The van der Waals surface area contributed by atoms with Gasteiger partial charge in [-0.05, 0) is 0 Å². The van der Waals surface area contributed by atoms with Crippen molar-refractivity contribution in [2.24, 2.45) is 0 Å². The maximum Gasteiger partial charge on any atom is 5.00 e. The second kappa shape index (κ2) is 62.1. The first-order valence-corrected chi connectivity index (χ1v) is 4.18. The van der Waals surface area contributed by atoms with Gasteiger partial charge in [-0.2, -0.15) is 63.1 Å². The van der Waals surface area contributed by atoms with E-state index in [1.165, 1.54) is 5.92 Å². The van der Waals surface area contributed by atoms with Gasteiger partial charge < -0.3 is 28.0 Å². The van der Waals surface area contributed by atoms with E-state index in [0.717, 1.165) is 0 Å². The predicted molar refractivity (Wildman–Crippen MR) is 71.2 cm³/mol. The van der Waals surface area contributed by atoms with Gasteiger partial charge >= 0.3 is 22.4 Å². The SMILES string of the molecule is C[C-](C)C.C[N-]C.C[N-]C.C[N-]C.[NH2-].[Ta+5]. The third-order valence-corrected chi connectivity index (χ3v) is 0. The van der Waals surface area contributed by atoms with Crippen LogP contribution >= 0.6 is 0 Å². The average molecular weight is 386 g/mol. The molecule has 0 aliphatic rings. The summed E-state index contributed by atoms with van der Waals surface area (Å²) in [5.74, 6) is 1.42. The molecular formula is C10H29N4Ta. The van der Waals surface area contributed by atoms with Crippen molar-refractivity contribution in [1.29, 1.82) is 0 Å². The van der Waals surface area contributed by atoms with Gasteiger partial charge in [0, 0.05) is 0 Å². The fraction of sp³-hybridized carbons (Fsp3) is 0.900. The molecule has 0 aromatic heterocycles. The number of nitrogens with two attached hydrogens (primary N) is 1.